The van der Waals surface area contributed by atoms with Crippen molar-refractivity contribution in [2.45, 2.75) is 52.1 Å². The third-order valence-corrected chi connectivity index (χ3v) is 5.71. The van der Waals surface area contributed by atoms with Crippen molar-refractivity contribution in [2.24, 2.45) is 0 Å². The number of aryl methyl sites for hydroxylation is 2. The molecule has 0 radical (unpaired) electrons. The van der Waals surface area contributed by atoms with Gasteiger partial charge < -0.3 is 14.0 Å². The van der Waals surface area contributed by atoms with E-state index in [4.69, 9.17) is 14.0 Å². The normalized spacial score (nSPS) is 14.8. The highest BCUT2D eigenvalue weighted by molar-refractivity contribution is 5.72. The van der Waals surface area contributed by atoms with Crippen LogP contribution in [-0.4, -0.2) is 29.3 Å². The molecule has 7 heteroatoms. The summed E-state index contributed by atoms with van der Waals surface area (Å²) in [4.78, 5) is 16.3. The summed E-state index contributed by atoms with van der Waals surface area (Å²) in [5.74, 6) is 1.37. The van der Waals surface area contributed by atoms with Gasteiger partial charge in [0.1, 0.15) is 11.8 Å². The Labute approximate surface area is 187 Å². The van der Waals surface area contributed by atoms with Crippen LogP contribution in [0.15, 0.2) is 34.9 Å². The molecule has 0 spiro atoms. The van der Waals surface area contributed by atoms with Gasteiger partial charge in [-0.05, 0) is 80.5 Å². The van der Waals surface area contributed by atoms with Gasteiger partial charge in [-0.3, -0.25) is 4.79 Å². The molecule has 0 bridgehead atoms. The van der Waals surface area contributed by atoms with Gasteiger partial charge in [0.25, 0.3) is 5.89 Å². The van der Waals surface area contributed by atoms with Crippen molar-refractivity contribution in [3.05, 3.63) is 52.6 Å². The lowest BCUT2D eigenvalue weighted by molar-refractivity contribution is -0.141. The van der Waals surface area contributed by atoms with Crippen molar-refractivity contribution in [1.82, 2.24) is 10.1 Å². The summed E-state index contributed by atoms with van der Waals surface area (Å²) in [5.41, 5.74) is 5.39. The van der Waals surface area contributed by atoms with E-state index in [0.29, 0.717) is 35.0 Å². The number of aromatic nitrogens is 2. The summed E-state index contributed by atoms with van der Waals surface area (Å²) < 4.78 is 16.0. The SMILES string of the molecule is COC(=O)CC1CCc2cc(-c3noc(-c4ccc(OC(C)C)c(C#N)c4)n3)c(C)cc21. The number of esters is 1. The lowest BCUT2D eigenvalue weighted by atomic mass is 9.94. The molecule has 1 aromatic heterocycles. The highest BCUT2D eigenvalue weighted by Gasteiger charge is 2.27. The number of benzene rings is 2. The van der Waals surface area contributed by atoms with Crippen LogP contribution in [0.25, 0.3) is 22.8 Å². The maximum atomic E-state index is 11.7. The van der Waals surface area contributed by atoms with E-state index in [1.165, 1.54) is 18.2 Å². The first kappa shape index (κ1) is 21.6. The first-order valence-corrected chi connectivity index (χ1v) is 10.6. The van der Waals surface area contributed by atoms with E-state index in [-0.39, 0.29) is 18.0 Å². The Kier molecular flexibility index (Phi) is 5.95. The lowest BCUT2D eigenvalue weighted by Gasteiger charge is -2.12. The van der Waals surface area contributed by atoms with Crippen molar-refractivity contribution >= 4 is 5.97 Å². The van der Waals surface area contributed by atoms with Crippen LogP contribution in [0.5, 0.6) is 5.75 Å². The number of methoxy groups -OCH3 is 1. The Morgan fingerprint density at radius 2 is 2.12 bits per heavy atom. The summed E-state index contributed by atoms with van der Waals surface area (Å²) in [6.07, 6.45) is 2.19. The summed E-state index contributed by atoms with van der Waals surface area (Å²) in [7, 11) is 1.42. The third-order valence-electron chi connectivity index (χ3n) is 5.71. The first-order valence-electron chi connectivity index (χ1n) is 10.6. The molecule has 3 aromatic rings. The number of hydrogen-bond acceptors (Lipinski definition) is 7. The number of rotatable bonds is 6. The molecule has 0 amide bonds. The molecule has 1 aliphatic rings. The smallest absolute Gasteiger partial charge is 0.306 e. The average Bonchev–Trinajstić information content (AvgIpc) is 3.40. The summed E-state index contributed by atoms with van der Waals surface area (Å²) in [6.45, 7) is 5.83. The lowest BCUT2D eigenvalue weighted by Crippen LogP contribution is -2.06. The molecule has 32 heavy (non-hydrogen) atoms. The summed E-state index contributed by atoms with van der Waals surface area (Å²) in [5, 5.41) is 13.7. The molecule has 2 aromatic carbocycles. The molecular weight excluding hydrogens is 406 g/mol. The monoisotopic (exact) mass is 431 g/mol. The topological polar surface area (TPSA) is 98.2 Å². The van der Waals surface area contributed by atoms with Crippen molar-refractivity contribution in [2.75, 3.05) is 7.11 Å². The van der Waals surface area contributed by atoms with E-state index >= 15 is 0 Å². The van der Waals surface area contributed by atoms with Crippen molar-refractivity contribution < 1.29 is 18.8 Å². The maximum Gasteiger partial charge on any atom is 0.306 e. The Morgan fingerprint density at radius 3 is 2.84 bits per heavy atom. The zero-order valence-electron chi connectivity index (χ0n) is 18.6. The molecule has 1 unspecified atom stereocenters. The van der Waals surface area contributed by atoms with Crippen molar-refractivity contribution in [1.29, 1.82) is 5.26 Å². The molecule has 0 N–H and O–H groups in total. The van der Waals surface area contributed by atoms with E-state index in [1.807, 2.05) is 26.8 Å². The summed E-state index contributed by atoms with van der Waals surface area (Å²) >= 11 is 0. The van der Waals surface area contributed by atoms with Crippen LogP contribution < -0.4 is 4.74 Å². The molecule has 1 aliphatic carbocycles. The molecule has 1 heterocycles. The molecule has 0 saturated heterocycles. The molecule has 0 saturated carbocycles. The Balaban J connectivity index is 1.62. The third kappa shape index (κ3) is 4.22. The van der Waals surface area contributed by atoms with Crippen LogP contribution in [0.2, 0.25) is 0 Å². The number of carbonyl (C=O) groups excluding carboxylic acids is 1. The molecule has 7 nitrogen and oxygen atoms in total. The molecular formula is C25H25N3O4. The minimum absolute atomic E-state index is 0.0297. The van der Waals surface area contributed by atoms with Crippen molar-refractivity contribution in [3.8, 4) is 34.7 Å². The van der Waals surface area contributed by atoms with Crippen LogP contribution >= 0.6 is 0 Å². The summed E-state index contributed by atoms with van der Waals surface area (Å²) in [6, 6.07) is 11.6. The van der Waals surface area contributed by atoms with Gasteiger partial charge >= 0.3 is 5.97 Å². The number of hydrogen-bond donors (Lipinski definition) is 0. The van der Waals surface area contributed by atoms with E-state index < -0.39 is 0 Å². The fourth-order valence-corrected chi connectivity index (χ4v) is 4.15. The van der Waals surface area contributed by atoms with E-state index in [1.54, 1.807) is 12.1 Å². The molecule has 0 fully saturated rings. The van der Waals surface area contributed by atoms with Gasteiger partial charge in [0, 0.05) is 11.1 Å². The Morgan fingerprint density at radius 1 is 1.31 bits per heavy atom. The number of carbonyl (C=O) groups is 1. The Bertz CT molecular complexity index is 1210. The first-order chi connectivity index (χ1) is 15.4. The second-order valence-corrected chi connectivity index (χ2v) is 8.29. The zero-order valence-corrected chi connectivity index (χ0v) is 18.6. The molecule has 0 aliphatic heterocycles. The van der Waals surface area contributed by atoms with Gasteiger partial charge in [-0.2, -0.15) is 10.2 Å². The van der Waals surface area contributed by atoms with Gasteiger partial charge in [0.05, 0.1) is 25.2 Å². The van der Waals surface area contributed by atoms with E-state index in [0.717, 1.165) is 24.0 Å². The van der Waals surface area contributed by atoms with Crippen molar-refractivity contribution in [3.63, 3.8) is 0 Å². The minimum Gasteiger partial charge on any atom is -0.490 e. The van der Waals surface area contributed by atoms with Gasteiger partial charge in [0.2, 0.25) is 5.82 Å². The Hall–Kier alpha value is -3.66. The fourth-order valence-electron chi connectivity index (χ4n) is 4.15. The van der Waals surface area contributed by atoms with Crippen LogP contribution in [0.3, 0.4) is 0 Å². The average molecular weight is 431 g/mol. The largest absolute Gasteiger partial charge is 0.490 e. The number of nitrogens with zero attached hydrogens (tertiary/aromatic N) is 3. The number of nitriles is 1. The molecule has 1 atom stereocenters. The quantitative estimate of drug-likeness (QED) is 0.509. The predicted molar refractivity (Wildman–Crippen MR) is 118 cm³/mol. The minimum atomic E-state index is -0.186. The highest BCUT2D eigenvalue weighted by Crippen LogP contribution is 2.39. The van der Waals surface area contributed by atoms with E-state index in [2.05, 4.69) is 28.3 Å². The zero-order chi connectivity index (χ0) is 22.8. The molecule has 164 valence electrons. The molecule has 4 rings (SSSR count). The fraction of sp³-hybridized carbons (Fsp3) is 0.360. The van der Waals surface area contributed by atoms with Crippen LogP contribution in [0, 0.1) is 18.3 Å². The van der Waals surface area contributed by atoms with Gasteiger partial charge in [-0.15, -0.1) is 0 Å². The highest BCUT2D eigenvalue weighted by atomic mass is 16.5. The van der Waals surface area contributed by atoms with Crippen LogP contribution in [-0.2, 0) is 16.0 Å². The van der Waals surface area contributed by atoms with Gasteiger partial charge in [-0.1, -0.05) is 11.2 Å². The van der Waals surface area contributed by atoms with Gasteiger partial charge in [-0.25, -0.2) is 0 Å². The number of ether oxygens (including phenoxy) is 2. The second kappa shape index (κ2) is 8.83. The van der Waals surface area contributed by atoms with Crippen LogP contribution in [0.1, 0.15) is 54.9 Å². The predicted octanol–water partition coefficient (Wildman–Crippen LogP) is 4.96. The maximum absolute atomic E-state index is 11.7. The number of fused-ring (bicyclic) bond motifs is 1. The standard InChI is InChI=1S/C25H25N3O4/c1-14(2)31-22-8-7-18(10-19(22)13-26)25-27-24(28-32-25)20-11-16-5-6-17(12-23(29)30-4)21(16)9-15(20)3/h7-11,14,17H,5-6,12H2,1-4H3. The second-order valence-electron chi connectivity index (χ2n) is 8.29. The van der Waals surface area contributed by atoms with E-state index in [9.17, 15) is 10.1 Å². The van der Waals surface area contributed by atoms with Crippen LogP contribution in [0.4, 0.5) is 0 Å². The van der Waals surface area contributed by atoms with Gasteiger partial charge in [0.15, 0.2) is 0 Å².